The molecule has 0 radical (unpaired) electrons. The van der Waals surface area contributed by atoms with Crippen LogP contribution in [0.5, 0.6) is 0 Å². The van der Waals surface area contributed by atoms with E-state index < -0.39 is 6.10 Å². The third-order valence-corrected chi connectivity index (χ3v) is 4.09. The Hall–Kier alpha value is -0.870. The fourth-order valence-corrected chi connectivity index (χ4v) is 2.83. The summed E-state index contributed by atoms with van der Waals surface area (Å²) in [4.78, 5) is 0. The number of nitrogens with two attached hydrogens (primary N) is 1. The molecule has 2 rings (SSSR count). The highest BCUT2D eigenvalue weighted by molar-refractivity contribution is 9.10. The van der Waals surface area contributed by atoms with Gasteiger partial charge in [-0.2, -0.15) is 0 Å². The number of rotatable bonds is 4. The molecule has 19 heavy (non-hydrogen) atoms. The van der Waals surface area contributed by atoms with Crippen LogP contribution >= 0.6 is 27.5 Å². The van der Waals surface area contributed by atoms with E-state index in [1.807, 2.05) is 48.5 Å². The van der Waals surface area contributed by atoms with E-state index in [2.05, 4.69) is 15.9 Å². The monoisotopic (exact) mass is 339 g/mol. The summed E-state index contributed by atoms with van der Waals surface area (Å²) in [6, 6.07) is 15.1. The Balaban J connectivity index is 2.35. The van der Waals surface area contributed by atoms with Crippen molar-refractivity contribution in [2.75, 3.05) is 6.54 Å². The average molecular weight is 341 g/mol. The molecule has 0 spiro atoms. The van der Waals surface area contributed by atoms with Crippen molar-refractivity contribution >= 4 is 27.5 Å². The van der Waals surface area contributed by atoms with Crippen molar-refractivity contribution in [1.29, 1.82) is 0 Å². The van der Waals surface area contributed by atoms with Crippen LogP contribution in [0.25, 0.3) is 0 Å². The molecule has 3 N–H and O–H groups in total. The lowest BCUT2D eigenvalue weighted by molar-refractivity contribution is 0.146. The van der Waals surface area contributed by atoms with E-state index in [1.165, 1.54) is 0 Å². The van der Waals surface area contributed by atoms with Gasteiger partial charge in [0.15, 0.2) is 0 Å². The van der Waals surface area contributed by atoms with Crippen LogP contribution in [0.3, 0.4) is 0 Å². The zero-order valence-electron chi connectivity index (χ0n) is 10.3. The molecule has 2 aromatic carbocycles. The van der Waals surface area contributed by atoms with Crippen LogP contribution in [0.1, 0.15) is 23.1 Å². The van der Waals surface area contributed by atoms with Crippen molar-refractivity contribution in [2.45, 2.75) is 12.0 Å². The zero-order chi connectivity index (χ0) is 13.8. The van der Waals surface area contributed by atoms with E-state index in [0.717, 1.165) is 15.6 Å². The number of hydrogen-bond donors (Lipinski definition) is 2. The Kier molecular flexibility index (Phi) is 4.99. The molecule has 2 aromatic rings. The van der Waals surface area contributed by atoms with Gasteiger partial charge in [0.1, 0.15) is 0 Å². The summed E-state index contributed by atoms with van der Waals surface area (Å²) < 4.78 is 0.878. The van der Waals surface area contributed by atoms with Gasteiger partial charge in [0, 0.05) is 22.0 Å². The van der Waals surface area contributed by atoms with E-state index in [9.17, 15) is 5.11 Å². The molecule has 4 heteroatoms. The average Bonchev–Trinajstić information content (AvgIpc) is 2.40. The van der Waals surface area contributed by atoms with Crippen molar-refractivity contribution in [1.82, 2.24) is 0 Å². The first-order valence-corrected chi connectivity index (χ1v) is 7.18. The minimum atomic E-state index is -0.668. The van der Waals surface area contributed by atoms with Crippen LogP contribution in [0.4, 0.5) is 0 Å². The smallest absolute Gasteiger partial charge is 0.0881 e. The molecular formula is C15H15BrClNO. The maximum atomic E-state index is 10.6. The summed E-state index contributed by atoms with van der Waals surface area (Å²) in [7, 11) is 0. The van der Waals surface area contributed by atoms with Crippen LogP contribution in [0.2, 0.25) is 5.02 Å². The van der Waals surface area contributed by atoms with Gasteiger partial charge in [-0.1, -0.05) is 57.9 Å². The maximum Gasteiger partial charge on any atom is 0.0881 e. The molecule has 0 heterocycles. The summed E-state index contributed by atoms with van der Waals surface area (Å²) in [6.07, 6.45) is -0.668. The second kappa shape index (κ2) is 6.53. The molecule has 0 fully saturated rings. The molecule has 0 aliphatic heterocycles. The van der Waals surface area contributed by atoms with Gasteiger partial charge >= 0.3 is 0 Å². The molecule has 0 saturated carbocycles. The molecule has 0 bridgehead atoms. The topological polar surface area (TPSA) is 46.2 Å². The van der Waals surface area contributed by atoms with Gasteiger partial charge in [0.05, 0.1) is 6.10 Å². The fourth-order valence-electron chi connectivity index (χ4n) is 2.12. The molecule has 2 nitrogen and oxygen atoms in total. The Bertz CT molecular complexity index is 561. The summed E-state index contributed by atoms with van der Waals surface area (Å²) in [5, 5.41) is 11.2. The van der Waals surface area contributed by atoms with Gasteiger partial charge in [-0.25, -0.2) is 0 Å². The van der Waals surface area contributed by atoms with Gasteiger partial charge in [0.2, 0.25) is 0 Å². The lowest BCUT2D eigenvalue weighted by Gasteiger charge is -2.23. The zero-order valence-corrected chi connectivity index (χ0v) is 12.6. The predicted octanol–water partition coefficient (Wildman–Crippen LogP) is 3.88. The number of aliphatic hydroxyl groups is 1. The summed E-state index contributed by atoms with van der Waals surface area (Å²) in [5.74, 6) is -0.183. The number of aliphatic hydroxyl groups excluding tert-OH is 1. The quantitative estimate of drug-likeness (QED) is 0.887. The van der Waals surface area contributed by atoms with Crippen LogP contribution in [-0.2, 0) is 0 Å². The maximum absolute atomic E-state index is 10.6. The fraction of sp³-hybridized carbons (Fsp3) is 0.200. The minimum absolute atomic E-state index is 0.183. The summed E-state index contributed by atoms with van der Waals surface area (Å²) >= 11 is 9.45. The predicted molar refractivity (Wildman–Crippen MR) is 82.3 cm³/mol. The first-order chi connectivity index (χ1) is 9.13. The first-order valence-electron chi connectivity index (χ1n) is 6.01. The second-order valence-electron chi connectivity index (χ2n) is 4.36. The number of hydrogen-bond acceptors (Lipinski definition) is 2. The van der Waals surface area contributed by atoms with E-state index in [-0.39, 0.29) is 5.92 Å². The molecule has 0 aliphatic rings. The van der Waals surface area contributed by atoms with Crippen molar-refractivity contribution in [3.8, 4) is 0 Å². The second-order valence-corrected chi connectivity index (χ2v) is 5.65. The third-order valence-electron chi connectivity index (χ3n) is 3.14. The van der Waals surface area contributed by atoms with Crippen LogP contribution in [-0.4, -0.2) is 11.7 Å². The van der Waals surface area contributed by atoms with Gasteiger partial charge in [-0.05, 0) is 29.3 Å². The van der Waals surface area contributed by atoms with E-state index in [1.54, 1.807) is 0 Å². The van der Waals surface area contributed by atoms with Crippen molar-refractivity contribution in [3.63, 3.8) is 0 Å². The Labute approximate surface area is 126 Å². The highest BCUT2D eigenvalue weighted by Crippen LogP contribution is 2.34. The third kappa shape index (κ3) is 3.37. The molecular weight excluding hydrogens is 326 g/mol. The summed E-state index contributed by atoms with van der Waals surface area (Å²) in [5.41, 5.74) is 7.60. The van der Waals surface area contributed by atoms with Crippen molar-refractivity contribution < 1.29 is 5.11 Å². The molecule has 0 amide bonds. The van der Waals surface area contributed by atoms with Crippen LogP contribution in [0.15, 0.2) is 53.0 Å². The SMILES string of the molecule is NCC(c1cccc(Cl)c1)C(O)c1ccccc1Br. The Morgan fingerprint density at radius 3 is 2.53 bits per heavy atom. The van der Waals surface area contributed by atoms with E-state index in [0.29, 0.717) is 11.6 Å². The number of benzene rings is 2. The van der Waals surface area contributed by atoms with Crippen LogP contribution in [0, 0.1) is 0 Å². The lowest BCUT2D eigenvalue weighted by atomic mass is 9.89. The Morgan fingerprint density at radius 1 is 1.16 bits per heavy atom. The molecule has 2 atom stereocenters. The highest BCUT2D eigenvalue weighted by atomic mass is 79.9. The Morgan fingerprint density at radius 2 is 1.89 bits per heavy atom. The number of halogens is 2. The first kappa shape index (κ1) is 14.5. The molecule has 0 aromatic heterocycles. The van der Waals surface area contributed by atoms with Gasteiger partial charge in [-0.3, -0.25) is 0 Å². The molecule has 2 unspecified atom stereocenters. The van der Waals surface area contributed by atoms with Crippen molar-refractivity contribution in [3.05, 3.63) is 69.2 Å². The lowest BCUT2D eigenvalue weighted by Crippen LogP contribution is -2.20. The minimum Gasteiger partial charge on any atom is -0.388 e. The van der Waals surface area contributed by atoms with Gasteiger partial charge in [0.25, 0.3) is 0 Å². The largest absolute Gasteiger partial charge is 0.388 e. The summed E-state index contributed by atoms with van der Waals surface area (Å²) in [6.45, 7) is 0.350. The molecule has 0 saturated heterocycles. The van der Waals surface area contributed by atoms with Gasteiger partial charge < -0.3 is 10.8 Å². The standard InChI is InChI=1S/C15H15BrClNO/c16-14-7-2-1-6-12(14)15(19)13(9-18)10-4-3-5-11(17)8-10/h1-8,13,15,19H,9,18H2. The molecule has 100 valence electrons. The van der Waals surface area contributed by atoms with Crippen LogP contribution < -0.4 is 5.73 Å². The highest BCUT2D eigenvalue weighted by Gasteiger charge is 2.23. The normalized spacial score (nSPS) is 14.1. The van der Waals surface area contributed by atoms with Gasteiger partial charge in [-0.15, -0.1) is 0 Å². The molecule has 0 aliphatic carbocycles. The van der Waals surface area contributed by atoms with E-state index in [4.69, 9.17) is 17.3 Å². The van der Waals surface area contributed by atoms with Crippen molar-refractivity contribution in [2.24, 2.45) is 5.73 Å². The van der Waals surface area contributed by atoms with E-state index >= 15 is 0 Å².